The maximum absolute atomic E-state index is 13.1. The van der Waals surface area contributed by atoms with Crippen LogP contribution in [-0.2, 0) is 19.1 Å². The quantitative estimate of drug-likeness (QED) is 0.371. The normalized spacial score (nSPS) is 9.74. The summed E-state index contributed by atoms with van der Waals surface area (Å²) < 4.78 is 22.1. The predicted octanol–water partition coefficient (Wildman–Crippen LogP) is 2.60. The topological polar surface area (TPSA) is 52.6 Å². The first-order chi connectivity index (χ1) is 8.92. The summed E-state index contributed by atoms with van der Waals surface area (Å²) >= 11 is 5.66. The zero-order valence-electron chi connectivity index (χ0n) is 10.6. The van der Waals surface area contributed by atoms with E-state index in [2.05, 4.69) is 9.47 Å². The number of rotatable bonds is 3. The zero-order chi connectivity index (χ0) is 14.6. The second-order valence-corrected chi connectivity index (χ2v) is 4.02. The molecule has 0 bridgehead atoms. The van der Waals surface area contributed by atoms with Gasteiger partial charge in [0.2, 0.25) is 0 Å². The van der Waals surface area contributed by atoms with E-state index in [1.54, 1.807) is 0 Å². The molecule has 1 aromatic rings. The van der Waals surface area contributed by atoms with Gasteiger partial charge in [0.05, 0.1) is 19.2 Å². The van der Waals surface area contributed by atoms with Crippen molar-refractivity contribution in [3.8, 4) is 0 Å². The van der Waals surface area contributed by atoms with Crippen molar-refractivity contribution in [1.82, 2.24) is 0 Å². The summed E-state index contributed by atoms with van der Waals surface area (Å²) in [6.45, 7) is 1.52. The van der Waals surface area contributed by atoms with E-state index in [1.165, 1.54) is 19.1 Å². The Morgan fingerprint density at radius 2 is 1.68 bits per heavy atom. The molecule has 0 heterocycles. The van der Waals surface area contributed by atoms with E-state index in [0.717, 1.165) is 20.3 Å². The first-order valence-electron chi connectivity index (χ1n) is 5.25. The van der Waals surface area contributed by atoms with Gasteiger partial charge in [-0.15, -0.1) is 0 Å². The highest BCUT2D eigenvalue weighted by Crippen LogP contribution is 2.24. The van der Waals surface area contributed by atoms with Crippen LogP contribution in [0.2, 0.25) is 5.02 Å². The molecule has 0 saturated carbocycles. The number of halogens is 2. The van der Waals surface area contributed by atoms with Gasteiger partial charge in [-0.3, -0.25) is 0 Å². The van der Waals surface area contributed by atoms with Crippen molar-refractivity contribution in [3.05, 3.63) is 40.2 Å². The molecule has 6 heteroatoms. The van der Waals surface area contributed by atoms with Crippen molar-refractivity contribution in [2.24, 2.45) is 0 Å². The van der Waals surface area contributed by atoms with Crippen LogP contribution in [0, 0.1) is 5.82 Å². The Morgan fingerprint density at radius 3 is 2.11 bits per heavy atom. The summed E-state index contributed by atoms with van der Waals surface area (Å²) in [5.74, 6) is -2.24. The standard InChI is InChI=1S/C13H12ClFO4/c1-7(8-4-5-10(15)9(14)6-8)11(12(16)18-2)13(17)19-3/h4-6H,1-3H3. The van der Waals surface area contributed by atoms with Crippen LogP contribution in [-0.4, -0.2) is 26.2 Å². The molecule has 4 nitrogen and oxygen atoms in total. The average molecular weight is 287 g/mol. The molecule has 0 unspecified atom stereocenters. The maximum atomic E-state index is 13.1. The number of carbonyl (C=O) groups is 2. The Kier molecular flexibility index (Phi) is 5.06. The van der Waals surface area contributed by atoms with Gasteiger partial charge in [0.25, 0.3) is 0 Å². The molecule has 0 aliphatic rings. The molecule has 0 atom stereocenters. The van der Waals surface area contributed by atoms with E-state index < -0.39 is 17.8 Å². The number of benzene rings is 1. The summed E-state index contributed by atoms with van der Waals surface area (Å²) in [4.78, 5) is 23.2. The number of allylic oxidation sites excluding steroid dienone is 1. The fourth-order valence-corrected chi connectivity index (χ4v) is 1.65. The van der Waals surface area contributed by atoms with Crippen LogP contribution < -0.4 is 0 Å². The Labute approximate surface area is 114 Å². The minimum atomic E-state index is -0.829. The molecule has 0 radical (unpaired) electrons. The molecule has 1 rings (SSSR count). The average Bonchev–Trinajstić information content (AvgIpc) is 2.41. The number of carbonyl (C=O) groups excluding carboxylic acids is 2. The molecule has 0 aliphatic carbocycles. The first-order valence-corrected chi connectivity index (χ1v) is 5.63. The van der Waals surface area contributed by atoms with Crippen LogP contribution in [0.3, 0.4) is 0 Å². The van der Waals surface area contributed by atoms with Gasteiger partial charge in [-0.1, -0.05) is 17.7 Å². The van der Waals surface area contributed by atoms with E-state index in [9.17, 15) is 14.0 Å². The van der Waals surface area contributed by atoms with Crippen LogP contribution in [0.15, 0.2) is 23.8 Å². The molecule has 0 aliphatic heterocycles. The third kappa shape index (κ3) is 3.32. The Balaban J connectivity index is 3.39. The SMILES string of the molecule is COC(=O)C(C(=O)OC)=C(C)c1ccc(F)c(Cl)c1. The highest BCUT2D eigenvalue weighted by molar-refractivity contribution is 6.31. The van der Waals surface area contributed by atoms with E-state index in [0.29, 0.717) is 11.1 Å². The molecular weight excluding hydrogens is 275 g/mol. The third-order valence-electron chi connectivity index (χ3n) is 2.51. The first kappa shape index (κ1) is 15.2. The van der Waals surface area contributed by atoms with Gasteiger partial charge in [-0.25, -0.2) is 14.0 Å². The lowest BCUT2D eigenvalue weighted by molar-refractivity contribution is -0.143. The van der Waals surface area contributed by atoms with Crippen molar-refractivity contribution in [3.63, 3.8) is 0 Å². The largest absolute Gasteiger partial charge is 0.465 e. The van der Waals surface area contributed by atoms with E-state index in [4.69, 9.17) is 11.6 Å². The van der Waals surface area contributed by atoms with Gasteiger partial charge < -0.3 is 9.47 Å². The summed E-state index contributed by atoms with van der Waals surface area (Å²) in [6.07, 6.45) is 0. The molecule has 0 N–H and O–H groups in total. The molecule has 0 saturated heterocycles. The van der Waals surface area contributed by atoms with Gasteiger partial charge in [-0.2, -0.15) is 0 Å². The van der Waals surface area contributed by atoms with Gasteiger partial charge in [-0.05, 0) is 30.2 Å². The lowest BCUT2D eigenvalue weighted by Gasteiger charge is -2.09. The van der Waals surface area contributed by atoms with Crippen LogP contribution in [0.25, 0.3) is 5.57 Å². The van der Waals surface area contributed by atoms with E-state index >= 15 is 0 Å². The Hall–Kier alpha value is -1.88. The number of ether oxygens (including phenoxy) is 2. The molecule has 0 fully saturated rings. The summed E-state index contributed by atoms with van der Waals surface area (Å²) in [6, 6.07) is 3.87. The monoisotopic (exact) mass is 286 g/mol. The summed E-state index contributed by atoms with van der Waals surface area (Å²) in [7, 11) is 2.30. The number of esters is 2. The van der Waals surface area contributed by atoms with Gasteiger partial charge in [0, 0.05) is 0 Å². The lowest BCUT2D eigenvalue weighted by Crippen LogP contribution is -2.17. The molecule has 1 aromatic carbocycles. The van der Waals surface area contributed by atoms with Crippen molar-refractivity contribution < 1.29 is 23.5 Å². The van der Waals surface area contributed by atoms with Crippen molar-refractivity contribution >= 4 is 29.1 Å². The number of methoxy groups -OCH3 is 2. The minimum absolute atomic E-state index is 0.106. The van der Waals surface area contributed by atoms with Crippen LogP contribution >= 0.6 is 11.6 Å². The van der Waals surface area contributed by atoms with Crippen molar-refractivity contribution in [1.29, 1.82) is 0 Å². The third-order valence-corrected chi connectivity index (χ3v) is 2.80. The van der Waals surface area contributed by atoms with E-state index in [-0.39, 0.29) is 10.6 Å². The fourth-order valence-electron chi connectivity index (χ4n) is 1.47. The lowest BCUT2D eigenvalue weighted by atomic mass is 10.0. The maximum Gasteiger partial charge on any atom is 0.345 e. The Bertz CT molecular complexity index is 534. The fraction of sp³-hybridized carbons (Fsp3) is 0.231. The van der Waals surface area contributed by atoms with Crippen LogP contribution in [0.4, 0.5) is 4.39 Å². The Morgan fingerprint density at radius 1 is 1.16 bits per heavy atom. The highest BCUT2D eigenvalue weighted by atomic mass is 35.5. The number of hydrogen-bond donors (Lipinski definition) is 0. The molecule has 0 amide bonds. The van der Waals surface area contributed by atoms with Crippen molar-refractivity contribution in [2.45, 2.75) is 6.92 Å². The van der Waals surface area contributed by atoms with Gasteiger partial charge in [0.15, 0.2) is 0 Å². The van der Waals surface area contributed by atoms with Gasteiger partial charge >= 0.3 is 11.9 Å². The second-order valence-electron chi connectivity index (χ2n) is 3.61. The molecule has 0 spiro atoms. The minimum Gasteiger partial charge on any atom is -0.465 e. The van der Waals surface area contributed by atoms with Crippen molar-refractivity contribution in [2.75, 3.05) is 14.2 Å². The second kappa shape index (κ2) is 6.33. The summed E-state index contributed by atoms with van der Waals surface area (Å²) in [5.41, 5.74) is 0.463. The summed E-state index contributed by atoms with van der Waals surface area (Å²) in [5, 5.41) is -0.106. The van der Waals surface area contributed by atoms with E-state index in [1.807, 2.05) is 0 Å². The molecule has 102 valence electrons. The highest BCUT2D eigenvalue weighted by Gasteiger charge is 2.23. The zero-order valence-corrected chi connectivity index (χ0v) is 11.4. The molecule has 0 aromatic heterocycles. The smallest absolute Gasteiger partial charge is 0.345 e. The molecule has 19 heavy (non-hydrogen) atoms. The van der Waals surface area contributed by atoms with Gasteiger partial charge in [0.1, 0.15) is 11.4 Å². The number of hydrogen-bond acceptors (Lipinski definition) is 4. The van der Waals surface area contributed by atoms with Crippen LogP contribution in [0.1, 0.15) is 12.5 Å². The predicted molar refractivity (Wildman–Crippen MR) is 68.0 cm³/mol. The van der Waals surface area contributed by atoms with Crippen LogP contribution in [0.5, 0.6) is 0 Å². The molecular formula is C13H12ClFO4.